The minimum absolute atomic E-state index is 0. The van der Waals surface area contributed by atoms with E-state index >= 15 is 0 Å². The van der Waals surface area contributed by atoms with Crippen molar-refractivity contribution in [3.8, 4) is 0 Å². The Kier molecular flexibility index (Phi) is 6.84. The fourth-order valence-electron chi connectivity index (χ4n) is 3.18. The van der Waals surface area contributed by atoms with Gasteiger partial charge in [-0.2, -0.15) is 0 Å². The number of hydrazine groups is 1. The number of hydrogen-bond donors (Lipinski definition) is 3. The highest BCUT2D eigenvalue weighted by Gasteiger charge is 2.28. The molecule has 0 saturated carbocycles. The van der Waals surface area contributed by atoms with Crippen molar-refractivity contribution in [2.24, 2.45) is 5.92 Å². The number of benzene rings is 1. The van der Waals surface area contributed by atoms with Gasteiger partial charge in [0.1, 0.15) is 0 Å². The van der Waals surface area contributed by atoms with Crippen LogP contribution in [0.2, 0.25) is 0 Å². The van der Waals surface area contributed by atoms with Crippen LogP contribution in [0.5, 0.6) is 0 Å². The first-order chi connectivity index (χ1) is 10.7. The molecule has 0 aromatic heterocycles. The van der Waals surface area contributed by atoms with Crippen molar-refractivity contribution < 1.29 is 4.79 Å². The lowest BCUT2D eigenvalue weighted by Gasteiger charge is -2.30. The molecule has 2 atom stereocenters. The van der Waals surface area contributed by atoms with Crippen molar-refractivity contribution in [3.05, 3.63) is 35.9 Å². The molecule has 1 aromatic carbocycles. The van der Waals surface area contributed by atoms with Crippen LogP contribution in [0, 0.1) is 5.92 Å². The number of carbonyl (C=O) groups excluding carboxylic acids is 1. The summed E-state index contributed by atoms with van der Waals surface area (Å²) in [4.78, 5) is 13.9. The van der Waals surface area contributed by atoms with E-state index in [-0.39, 0.29) is 18.3 Å². The van der Waals surface area contributed by atoms with Gasteiger partial charge < -0.3 is 10.2 Å². The third kappa shape index (κ3) is 4.67. The molecule has 3 N–H and O–H groups in total. The molecule has 1 amide bonds. The van der Waals surface area contributed by atoms with Crippen LogP contribution in [0.1, 0.15) is 30.9 Å². The van der Waals surface area contributed by atoms with Crippen LogP contribution in [0.4, 0.5) is 0 Å². The molecule has 2 unspecified atom stereocenters. The predicted molar refractivity (Wildman–Crippen MR) is 94.3 cm³/mol. The second-order valence-corrected chi connectivity index (χ2v) is 6.44. The molecule has 2 aliphatic rings. The van der Waals surface area contributed by atoms with E-state index in [0.29, 0.717) is 18.0 Å². The van der Waals surface area contributed by atoms with Gasteiger partial charge in [0, 0.05) is 38.8 Å². The highest BCUT2D eigenvalue weighted by atomic mass is 35.5. The molecule has 6 heteroatoms. The van der Waals surface area contributed by atoms with Gasteiger partial charge in [0.25, 0.3) is 0 Å². The summed E-state index contributed by atoms with van der Waals surface area (Å²) in [6, 6.07) is 11.4. The summed E-state index contributed by atoms with van der Waals surface area (Å²) in [5.41, 5.74) is 8.11. The van der Waals surface area contributed by atoms with Gasteiger partial charge in [0.15, 0.2) is 0 Å². The Morgan fingerprint density at radius 2 is 1.96 bits per heavy atom. The van der Waals surface area contributed by atoms with E-state index in [1.54, 1.807) is 0 Å². The van der Waals surface area contributed by atoms with Crippen LogP contribution in [0.3, 0.4) is 0 Å². The lowest BCUT2D eigenvalue weighted by atomic mass is 9.99. The van der Waals surface area contributed by atoms with Crippen LogP contribution >= 0.6 is 12.4 Å². The van der Waals surface area contributed by atoms with Gasteiger partial charge in [0.2, 0.25) is 5.91 Å². The topological polar surface area (TPSA) is 56.4 Å². The summed E-state index contributed by atoms with van der Waals surface area (Å²) >= 11 is 0. The number of nitrogens with zero attached hydrogens (tertiary/aromatic N) is 1. The summed E-state index contributed by atoms with van der Waals surface area (Å²) in [6.07, 6.45) is 3.24. The maximum atomic E-state index is 12.0. The summed E-state index contributed by atoms with van der Waals surface area (Å²) in [7, 11) is 1.92. The van der Waals surface area contributed by atoms with Crippen molar-refractivity contribution in [1.82, 2.24) is 21.1 Å². The number of rotatable bonds is 6. The first-order valence-corrected chi connectivity index (χ1v) is 8.25. The minimum Gasteiger partial charge on any atom is -0.345 e. The van der Waals surface area contributed by atoms with Crippen LogP contribution in [-0.4, -0.2) is 43.5 Å². The zero-order chi connectivity index (χ0) is 15.4. The Morgan fingerprint density at radius 3 is 2.61 bits per heavy atom. The van der Waals surface area contributed by atoms with Crippen molar-refractivity contribution in [2.45, 2.75) is 31.3 Å². The Hall–Kier alpha value is -1.14. The molecule has 2 heterocycles. The summed E-state index contributed by atoms with van der Waals surface area (Å²) in [5.74, 6) is 0.497. The molecule has 23 heavy (non-hydrogen) atoms. The highest BCUT2D eigenvalue weighted by Crippen LogP contribution is 2.23. The summed E-state index contributed by atoms with van der Waals surface area (Å²) in [6.45, 7) is 2.54. The number of carbonyl (C=O) groups is 1. The quantitative estimate of drug-likeness (QED) is 0.735. The standard InChI is InChI=1S/C17H26N4O.ClH/c1-21(17(22)14-11-18-12-14)9-5-8-15-10-16(20-19-15)13-6-3-2-4-7-13;/h2-4,6-7,14-16,18-20H,5,8-12H2,1H3;1H. The maximum absolute atomic E-state index is 12.0. The first kappa shape index (κ1) is 18.2. The van der Waals surface area contributed by atoms with Gasteiger partial charge in [-0.1, -0.05) is 30.3 Å². The average molecular weight is 339 g/mol. The highest BCUT2D eigenvalue weighted by molar-refractivity contribution is 5.85. The Morgan fingerprint density at radius 1 is 1.22 bits per heavy atom. The molecule has 2 aliphatic heterocycles. The third-order valence-corrected chi connectivity index (χ3v) is 4.74. The normalized spacial score (nSPS) is 23.9. The van der Waals surface area contributed by atoms with E-state index in [2.05, 4.69) is 40.4 Å². The zero-order valence-corrected chi connectivity index (χ0v) is 14.4. The van der Waals surface area contributed by atoms with E-state index in [0.717, 1.165) is 38.9 Å². The molecule has 2 saturated heterocycles. The van der Waals surface area contributed by atoms with Crippen LogP contribution in [0.15, 0.2) is 30.3 Å². The van der Waals surface area contributed by atoms with Gasteiger partial charge in [0.05, 0.1) is 5.92 Å². The zero-order valence-electron chi connectivity index (χ0n) is 13.6. The number of nitrogens with one attached hydrogen (secondary N) is 3. The van der Waals surface area contributed by atoms with Crippen molar-refractivity contribution >= 4 is 18.3 Å². The van der Waals surface area contributed by atoms with Gasteiger partial charge in [-0.05, 0) is 24.8 Å². The fraction of sp³-hybridized carbons (Fsp3) is 0.588. The van der Waals surface area contributed by atoms with E-state index in [4.69, 9.17) is 0 Å². The number of hydrogen-bond acceptors (Lipinski definition) is 4. The second kappa shape index (κ2) is 8.64. The van der Waals surface area contributed by atoms with Gasteiger partial charge in [-0.3, -0.25) is 15.6 Å². The maximum Gasteiger partial charge on any atom is 0.227 e. The second-order valence-electron chi connectivity index (χ2n) is 6.44. The smallest absolute Gasteiger partial charge is 0.227 e. The van der Waals surface area contributed by atoms with E-state index in [1.807, 2.05) is 18.0 Å². The van der Waals surface area contributed by atoms with Crippen LogP contribution < -0.4 is 16.2 Å². The van der Waals surface area contributed by atoms with E-state index in [9.17, 15) is 4.79 Å². The largest absolute Gasteiger partial charge is 0.345 e. The molecule has 5 nitrogen and oxygen atoms in total. The van der Waals surface area contributed by atoms with Crippen LogP contribution in [0.25, 0.3) is 0 Å². The van der Waals surface area contributed by atoms with Crippen molar-refractivity contribution in [2.75, 3.05) is 26.7 Å². The lowest BCUT2D eigenvalue weighted by molar-refractivity contribution is -0.135. The Labute approximate surface area is 144 Å². The van der Waals surface area contributed by atoms with Gasteiger partial charge in [-0.25, -0.2) is 0 Å². The molecule has 0 spiro atoms. The molecule has 0 bridgehead atoms. The molecule has 128 valence electrons. The molecule has 1 aromatic rings. The Bertz CT molecular complexity index is 495. The van der Waals surface area contributed by atoms with E-state index in [1.165, 1.54) is 5.56 Å². The molecular weight excluding hydrogens is 312 g/mol. The lowest BCUT2D eigenvalue weighted by Crippen LogP contribution is -2.51. The molecule has 2 fully saturated rings. The minimum atomic E-state index is 0. The third-order valence-electron chi connectivity index (χ3n) is 4.74. The summed E-state index contributed by atoms with van der Waals surface area (Å²) in [5, 5.41) is 3.15. The fourth-order valence-corrected chi connectivity index (χ4v) is 3.18. The number of amides is 1. The molecule has 3 rings (SSSR count). The van der Waals surface area contributed by atoms with Crippen LogP contribution in [-0.2, 0) is 4.79 Å². The van der Waals surface area contributed by atoms with Gasteiger partial charge >= 0.3 is 0 Å². The molecule has 0 aliphatic carbocycles. The van der Waals surface area contributed by atoms with Crippen molar-refractivity contribution in [1.29, 1.82) is 0 Å². The monoisotopic (exact) mass is 338 g/mol. The molecular formula is C17H27ClN4O. The SMILES string of the molecule is CN(CCCC1CC(c2ccccc2)NN1)C(=O)C1CNC1.Cl. The predicted octanol–water partition coefficient (Wildman–Crippen LogP) is 1.47. The Balaban J connectivity index is 0.00000192. The first-order valence-electron chi connectivity index (χ1n) is 8.25. The van der Waals surface area contributed by atoms with E-state index < -0.39 is 0 Å². The van der Waals surface area contributed by atoms with Gasteiger partial charge in [-0.15, -0.1) is 12.4 Å². The summed E-state index contributed by atoms with van der Waals surface area (Å²) < 4.78 is 0. The average Bonchev–Trinajstić information content (AvgIpc) is 2.95. The molecule has 0 radical (unpaired) electrons. The van der Waals surface area contributed by atoms with Crippen molar-refractivity contribution in [3.63, 3.8) is 0 Å². The number of halogens is 1.